The summed E-state index contributed by atoms with van der Waals surface area (Å²) in [5.74, 6) is 1.34. The van der Waals surface area contributed by atoms with Crippen molar-refractivity contribution in [2.75, 3.05) is 0 Å². The van der Waals surface area contributed by atoms with Gasteiger partial charge in [-0.1, -0.05) is 42.5 Å². The number of nitrogens with zero attached hydrogens (tertiary/aromatic N) is 2. The quantitative estimate of drug-likeness (QED) is 0.636. The summed E-state index contributed by atoms with van der Waals surface area (Å²) in [6, 6.07) is 16.3. The van der Waals surface area contributed by atoms with Crippen LogP contribution >= 0.6 is 0 Å². The number of aromatic nitrogens is 2. The minimum atomic E-state index is -0.679. The predicted molar refractivity (Wildman–Crippen MR) is 79.7 cm³/mol. The molecule has 5 rings (SSSR count). The predicted octanol–water partition coefficient (Wildman–Crippen LogP) is 3.40. The maximum atomic E-state index is 6.34. The Bertz CT molecular complexity index is 846. The normalized spacial score (nSPS) is 20.9. The van der Waals surface area contributed by atoms with Gasteiger partial charge in [0.15, 0.2) is 5.60 Å². The molecule has 4 heteroatoms. The summed E-state index contributed by atoms with van der Waals surface area (Å²) < 4.78 is 12.3. The Balaban J connectivity index is 1.91. The van der Waals surface area contributed by atoms with Crippen molar-refractivity contribution in [1.29, 1.82) is 0 Å². The van der Waals surface area contributed by atoms with Crippen LogP contribution in [0.2, 0.25) is 0 Å². The Labute approximate surface area is 127 Å². The Kier molecular flexibility index (Phi) is 2.24. The van der Waals surface area contributed by atoms with E-state index in [1.54, 1.807) is 6.20 Å². The number of rotatable bonds is 0. The Morgan fingerprint density at radius 2 is 1.73 bits per heavy atom. The van der Waals surface area contributed by atoms with Gasteiger partial charge in [-0.25, -0.2) is 9.97 Å². The lowest BCUT2D eigenvalue weighted by molar-refractivity contribution is 0.0189. The molecule has 0 saturated carbocycles. The lowest BCUT2D eigenvalue weighted by Gasteiger charge is -2.35. The highest BCUT2D eigenvalue weighted by Gasteiger charge is 2.49. The largest absolute Gasteiger partial charge is 0.438 e. The van der Waals surface area contributed by atoms with Crippen LogP contribution in [0.1, 0.15) is 22.3 Å². The van der Waals surface area contributed by atoms with Crippen molar-refractivity contribution < 1.29 is 9.47 Å². The van der Waals surface area contributed by atoms with Gasteiger partial charge in [-0.05, 0) is 17.2 Å². The lowest BCUT2D eigenvalue weighted by atomic mass is 9.79. The van der Waals surface area contributed by atoms with Crippen LogP contribution < -0.4 is 4.74 Å². The van der Waals surface area contributed by atoms with E-state index < -0.39 is 5.60 Å². The first-order valence-corrected chi connectivity index (χ1v) is 7.20. The van der Waals surface area contributed by atoms with Crippen molar-refractivity contribution in [1.82, 2.24) is 9.97 Å². The van der Waals surface area contributed by atoms with Crippen LogP contribution in [0.4, 0.5) is 0 Å². The molecule has 0 amide bonds. The molecule has 1 atom stereocenters. The van der Waals surface area contributed by atoms with Crippen molar-refractivity contribution in [2.24, 2.45) is 0 Å². The van der Waals surface area contributed by atoms with Crippen LogP contribution in [0.25, 0.3) is 0 Å². The van der Waals surface area contributed by atoms with Crippen LogP contribution in [0, 0.1) is 0 Å². The smallest absolute Gasteiger partial charge is 0.229 e. The standard InChI is InChI=1S/C18H12N2O2/c1-2-6-13-12(5-1)10-21-18(13)14-7-3-4-8-16(14)22-17-15(18)9-19-11-20-17/h1-9,11H,10H2. The third-order valence-electron chi connectivity index (χ3n) is 4.37. The highest BCUT2D eigenvalue weighted by Crippen LogP contribution is 2.54. The van der Waals surface area contributed by atoms with E-state index in [1.807, 2.05) is 36.4 Å². The Hall–Kier alpha value is -2.72. The van der Waals surface area contributed by atoms with Gasteiger partial charge in [0.2, 0.25) is 5.88 Å². The molecule has 1 unspecified atom stereocenters. The molecule has 0 bridgehead atoms. The van der Waals surface area contributed by atoms with E-state index in [0.717, 1.165) is 22.4 Å². The molecule has 3 heterocycles. The fourth-order valence-electron chi connectivity index (χ4n) is 3.44. The topological polar surface area (TPSA) is 44.2 Å². The zero-order chi connectivity index (χ0) is 14.6. The minimum Gasteiger partial charge on any atom is -0.438 e. The van der Waals surface area contributed by atoms with Gasteiger partial charge >= 0.3 is 0 Å². The van der Waals surface area contributed by atoms with E-state index in [2.05, 4.69) is 22.1 Å². The van der Waals surface area contributed by atoms with E-state index in [-0.39, 0.29) is 0 Å². The SMILES string of the molecule is c1ccc2c(c1)COC21c2ccccc2Oc2ncncc21. The molecule has 0 N–H and O–H groups in total. The number of hydrogen-bond donors (Lipinski definition) is 0. The van der Waals surface area contributed by atoms with Crippen LogP contribution in [-0.2, 0) is 16.9 Å². The zero-order valence-corrected chi connectivity index (χ0v) is 11.7. The summed E-state index contributed by atoms with van der Waals surface area (Å²) in [5, 5.41) is 0. The van der Waals surface area contributed by atoms with Crippen molar-refractivity contribution in [3.05, 3.63) is 83.3 Å². The van der Waals surface area contributed by atoms with E-state index in [1.165, 1.54) is 11.9 Å². The van der Waals surface area contributed by atoms with Gasteiger partial charge in [-0.15, -0.1) is 0 Å². The highest BCUT2D eigenvalue weighted by atomic mass is 16.5. The molecule has 106 valence electrons. The van der Waals surface area contributed by atoms with Gasteiger partial charge in [0.05, 0.1) is 12.2 Å². The molecule has 4 nitrogen and oxygen atoms in total. The fourth-order valence-corrected chi connectivity index (χ4v) is 3.44. The monoisotopic (exact) mass is 288 g/mol. The average molecular weight is 288 g/mol. The molecule has 2 aliphatic rings. The second-order valence-electron chi connectivity index (χ2n) is 5.47. The van der Waals surface area contributed by atoms with Gasteiger partial charge in [-0.2, -0.15) is 0 Å². The molecule has 3 aromatic rings. The molecule has 1 aromatic heterocycles. The van der Waals surface area contributed by atoms with Gasteiger partial charge in [0.1, 0.15) is 12.1 Å². The first-order valence-electron chi connectivity index (χ1n) is 7.20. The molecule has 0 aliphatic carbocycles. The molecule has 2 aromatic carbocycles. The van der Waals surface area contributed by atoms with Crippen LogP contribution in [0.3, 0.4) is 0 Å². The van der Waals surface area contributed by atoms with Crippen molar-refractivity contribution in [2.45, 2.75) is 12.2 Å². The summed E-state index contributed by atoms with van der Waals surface area (Å²) in [6.07, 6.45) is 3.29. The number of para-hydroxylation sites is 1. The van der Waals surface area contributed by atoms with Crippen molar-refractivity contribution in [3.8, 4) is 11.6 Å². The van der Waals surface area contributed by atoms with E-state index in [9.17, 15) is 0 Å². The second kappa shape index (κ2) is 4.15. The average Bonchev–Trinajstić information content (AvgIpc) is 2.96. The van der Waals surface area contributed by atoms with Crippen molar-refractivity contribution >= 4 is 0 Å². The van der Waals surface area contributed by atoms with E-state index >= 15 is 0 Å². The molecular weight excluding hydrogens is 276 g/mol. The molecule has 0 saturated heterocycles. The Morgan fingerprint density at radius 1 is 0.909 bits per heavy atom. The van der Waals surface area contributed by atoms with Gasteiger partial charge < -0.3 is 9.47 Å². The van der Waals surface area contributed by atoms with E-state index in [4.69, 9.17) is 9.47 Å². The second-order valence-corrected chi connectivity index (χ2v) is 5.47. The molecule has 0 radical (unpaired) electrons. The van der Waals surface area contributed by atoms with Crippen molar-refractivity contribution in [3.63, 3.8) is 0 Å². The Morgan fingerprint density at radius 3 is 2.68 bits per heavy atom. The summed E-state index contributed by atoms with van der Waals surface area (Å²) in [7, 11) is 0. The summed E-state index contributed by atoms with van der Waals surface area (Å²) in [4.78, 5) is 8.49. The van der Waals surface area contributed by atoms with Crippen LogP contribution in [0.5, 0.6) is 11.6 Å². The zero-order valence-electron chi connectivity index (χ0n) is 11.7. The molecule has 22 heavy (non-hydrogen) atoms. The third-order valence-corrected chi connectivity index (χ3v) is 4.37. The fraction of sp³-hybridized carbons (Fsp3) is 0.111. The number of hydrogen-bond acceptors (Lipinski definition) is 4. The number of benzene rings is 2. The maximum absolute atomic E-state index is 6.34. The maximum Gasteiger partial charge on any atom is 0.229 e. The first-order chi connectivity index (χ1) is 10.9. The summed E-state index contributed by atoms with van der Waals surface area (Å²) in [5.41, 5.74) is 3.51. The molecule has 2 aliphatic heterocycles. The molecule has 1 spiro atoms. The van der Waals surface area contributed by atoms with Gasteiger partial charge in [0.25, 0.3) is 0 Å². The lowest BCUT2D eigenvalue weighted by Crippen LogP contribution is -2.32. The molecular formula is C18H12N2O2. The van der Waals surface area contributed by atoms with Gasteiger partial charge in [-0.3, -0.25) is 0 Å². The van der Waals surface area contributed by atoms with Gasteiger partial charge in [0, 0.05) is 11.8 Å². The first kappa shape index (κ1) is 11.9. The minimum absolute atomic E-state index is 0.561. The van der Waals surface area contributed by atoms with Crippen LogP contribution in [-0.4, -0.2) is 9.97 Å². The van der Waals surface area contributed by atoms with Crippen LogP contribution in [0.15, 0.2) is 61.1 Å². The number of ether oxygens (including phenoxy) is 2. The summed E-state index contributed by atoms with van der Waals surface area (Å²) >= 11 is 0. The molecule has 0 fully saturated rings. The highest BCUT2D eigenvalue weighted by molar-refractivity contribution is 5.61. The third kappa shape index (κ3) is 1.35. The van der Waals surface area contributed by atoms with E-state index in [0.29, 0.717) is 12.5 Å². The summed E-state index contributed by atoms with van der Waals surface area (Å²) in [6.45, 7) is 0.568. The number of fused-ring (bicyclic) bond motifs is 6.